The van der Waals surface area contributed by atoms with Gasteiger partial charge in [-0.25, -0.2) is 0 Å². The highest BCUT2D eigenvalue weighted by Gasteiger charge is 2.59. The highest BCUT2D eigenvalue weighted by Crippen LogP contribution is 2.49. The predicted molar refractivity (Wildman–Crippen MR) is 37.6 cm³/mol. The molecule has 2 aliphatic rings. The Bertz CT molecular complexity index is 144. The van der Waals surface area contributed by atoms with Crippen LogP contribution in [0.1, 0.15) is 26.2 Å². The van der Waals surface area contributed by atoms with Crippen molar-refractivity contribution in [3.8, 4) is 0 Å². The summed E-state index contributed by atoms with van der Waals surface area (Å²) >= 11 is 0. The summed E-state index contributed by atoms with van der Waals surface area (Å²) in [5.74, 6) is 0.635. The molecule has 2 heteroatoms. The van der Waals surface area contributed by atoms with Gasteiger partial charge in [0.2, 0.25) is 0 Å². The molecule has 2 fully saturated rings. The lowest BCUT2D eigenvalue weighted by Crippen LogP contribution is -2.25. The smallest absolute Gasteiger partial charge is 0.195 e. The Morgan fingerprint density at radius 1 is 1.50 bits per heavy atom. The predicted octanol–water partition coefficient (Wildman–Crippen LogP) is 1.55. The molecule has 1 aliphatic carbocycles. The lowest BCUT2D eigenvalue weighted by Gasteiger charge is -2.20. The van der Waals surface area contributed by atoms with Gasteiger partial charge in [0.25, 0.3) is 0 Å². The zero-order valence-corrected chi connectivity index (χ0v) is 6.59. The zero-order valence-electron chi connectivity index (χ0n) is 6.59. The molecule has 0 spiro atoms. The fourth-order valence-electron chi connectivity index (χ4n) is 1.95. The van der Waals surface area contributed by atoms with Crippen LogP contribution in [0.2, 0.25) is 0 Å². The SMILES string of the molecule is COC12CC(C)CCC1O2. The highest BCUT2D eigenvalue weighted by atomic mass is 16.8. The van der Waals surface area contributed by atoms with E-state index in [2.05, 4.69) is 6.92 Å². The highest BCUT2D eigenvalue weighted by molar-refractivity contribution is 4.99. The first-order valence-corrected chi connectivity index (χ1v) is 4.00. The van der Waals surface area contributed by atoms with Crippen molar-refractivity contribution in [2.75, 3.05) is 7.11 Å². The molecule has 0 amide bonds. The normalized spacial score (nSPS) is 52.2. The van der Waals surface area contributed by atoms with Gasteiger partial charge in [0, 0.05) is 13.5 Å². The van der Waals surface area contributed by atoms with E-state index < -0.39 is 0 Å². The van der Waals surface area contributed by atoms with Crippen molar-refractivity contribution in [1.29, 1.82) is 0 Å². The van der Waals surface area contributed by atoms with Gasteiger partial charge in [-0.05, 0) is 18.8 Å². The van der Waals surface area contributed by atoms with Crippen LogP contribution < -0.4 is 0 Å². The van der Waals surface area contributed by atoms with E-state index in [-0.39, 0.29) is 5.79 Å². The summed E-state index contributed by atoms with van der Waals surface area (Å²) in [7, 11) is 1.75. The maximum absolute atomic E-state index is 5.46. The average Bonchev–Trinajstić information content (AvgIpc) is 2.62. The molecule has 2 nitrogen and oxygen atoms in total. The first kappa shape index (κ1) is 6.62. The third-order valence-corrected chi connectivity index (χ3v) is 2.68. The maximum atomic E-state index is 5.46. The standard InChI is InChI=1S/C8H14O2/c1-6-3-4-7-8(5-6,9-2)10-7/h6-7H,3-5H2,1-2H3. The first-order valence-electron chi connectivity index (χ1n) is 4.00. The summed E-state index contributed by atoms with van der Waals surface area (Å²) in [6, 6.07) is 0. The zero-order chi connectivity index (χ0) is 7.19. The molecule has 1 saturated heterocycles. The van der Waals surface area contributed by atoms with Crippen molar-refractivity contribution < 1.29 is 9.47 Å². The quantitative estimate of drug-likeness (QED) is 0.518. The average molecular weight is 142 g/mol. The van der Waals surface area contributed by atoms with Crippen LogP contribution in [0.3, 0.4) is 0 Å². The number of rotatable bonds is 1. The number of epoxide rings is 1. The molecule has 10 heavy (non-hydrogen) atoms. The minimum absolute atomic E-state index is 0.141. The van der Waals surface area contributed by atoms with E-state index >= 15 is 0 Å². The van der Waals surface area contributed by atoms with Crippen LogP contribution in [0.25, 0.3) is 0 Å². The van der Waals surface area contributed by atoms with Crippen LogP contribution in [0.5, 0.6) is 0 Å². The Morgan fingerprint density at radius 3 is 2.90 bits per heavy atom. The van der Waals surface area contributed by atoms with Crippen molar-refractivity contribution in [1.82, 2.24) is 0 Å². The largest absolute Gasteiger partial charge is 0.351 e. The van der Waals surface area contributed by atoms with E-state index in [1.54, 1.807) is 7.11 Å². The van der Waals surface area contributed by atoms with Gasteiger partial charge in [0.05, 0.1) is 0 Å². The van der Waals surface area contributed by atoms with Crippen LogP contribution in [-0.2, 0) is 9.47 Å². The second kappa shape index (κ2) is 1.95. The van der Waals surface area contributed by atoms with E-state index in [1.165, 1.54) is 12.8 Å². The number of ether oxygens (including phenoxy) is 2. The summed E-state index contributed by atoms with van der Waals surface area (Å²) in [6.45, 7) is 2.26. The molecule has 3 unspecified atom stereocenters. The molecular formula is C8H14O2. The summed E-state index contributed by atoms with van der Waals surface area (Å²) in [5.41, 5.74) is 0. The van der Waals surface area contributed by atoms with Crippen molar-refractivity contribution in [3.05, 3.63) is 0 Å². The number of methoxy groups -OCH3 is 1. The Balaban J connectivity index is 2.02. The molecule has 2 rings (SSSR count). The van der Waals surface area contributed by atoms with E-state index in [0.29, 0.717) is 6.10 Å². The molecule has 0 aromatic rings. The second-order valence-electron chi connectivity index (χ2n) is 3.51. The molecule has 0 radical (unpaired) electrons. The van der Waals surface area contributed by atoms with Gasteiger partial charge in [0.15, 0.2) is 5.79 Å². The summed E-state index contributed by atoms with van der Waals surface area (Å²) < 4.78 is 10.8. The number of hydrogen-bond acceptors (Lipinski definition) is 2. The molecule has 58 valence electrons. The van der Waals surface area contributed by atoms with Crippen LogP contribution in [-0.4, -0.2) is 19.0 Å². The van der Waals surface area contributed by atoms with E-state index in [4.69, 9.17) is 9.47 Å². The van der Waals surface area contributed by atoms with Crippen LogP contribution >= 0.6 is 0 Å². The summed E-state index contributed by atoms with van der Waals surface area (Å²) in [4.78, 5) is 0. The summed E-state index contributed by atoms with van der Waals surface area (Å²) in [5, 5.41) is 0. The molecule has 1 saturated carbocycles. The van der Waals surface area contributed by atoms with Crippen LogP contribution in [0, 0.1) is 5.92 Å². The fraction of sp³-hybridized carbons (Fsp3) is 1.00. The van der Waals surface area contributed by atoms with Gasteiger partial charge in [-0.1, -0.05) is 6.92 Å². The lowest BCUT2D eigenvalue weighted by molar-refractivity contribution is -0.0296. The van der Waals surface area contributed by atoms with Gasteiger partial charge >= 0.3 is 0 Å². The Kier molecular flexibility index (Phi) is 1.29. The van der Waals surface area contributed by atoms with E-state index in [0.717, 1.165) is 12.3 Å². The third-order valence-electron chi connectivity index (χ3n) is 2.68. The van der Waals surface area contributed by atoms with Gasteiger partial charge in [-0.3, -0.25) is 0 Å². The molecule has 3 atom stereocenters. The molecule has 1 aliphatic heterocycles. The minimum atomic E-state index is -0.141. The van der Waals surface area contributed by atoms with Crippen molar-refractivity contribution >= 4 is 0 Å². The fourth-order valence-corrected chi connectivity index (χ4v) is 1.95. The Hall–Kier alpha value is -0.0800. The minimum Gasteiger partial charge on any atom is -0.351 e. The molecule has 0 bridgehead atoms. The lowest BCUT2D eigenvalue weighted by atomic mass is 9.89. The van der Waals surface area contributed by atoms with E-state index in [9.17, 15) is 0 Å². The van der Waals surface area contributed by atoms with Crippen molar-refractivity contribution in [2.24, 2.45) is 5.92 Å². The van der Waals surface area contributed by atoms with Gasteiger partial charge in [0.1, 0.15) is 6.10 Å². The Labute approximate surface area is 61.5 Å². The molecular weight excluding hydrogens is 128 g/mol. The van der Waals surface area contributed by atoms with Crippen molar-refractivity contribution in [2.45, 2.75) is 38.1 Å². The molecule has 0 aromatic carbocycles. The van der Waals surface area contributed by atoms with Gasteiger partial charge < -0.3 is 9.47 Å². The molecule has 0 aromatic heterocycles. The summed E-state index contributed by atoms with van der Waals surface area (Å²) in [6.07, 6.45) is 4.01. The van der Waals surface area contributed by atoms with Gasteiger partial charge in [-0.2, -0.15) is 0 Å². The van der Waals surface area contributed by atoms with Crippen LogP contribution in [0.4, 0.5) is 0 Å². The monoisotopic (exact) mass is 142 g/mol. The first-order chi connectivity index (χ1) is 4.77. The molecule has 0 N–H and O–H groups in total. The third kappa shape index (κ3) is 0.789. The van der Waals surface area contributed by atoms with E-state index in [1.807, 2.05) is 0 Å². The number of fused-ring (bicyclic) bond motifs is 1. The second-order valence-corrected chi connectivity index (χ2v) is 3.51. The number of hydrogen-bond donors (Lipinski definition) is 0. The van der Waals surface area contributed by atoms with Crippen LogP contribution in [0.15, 0.2) is 0 Å². The van der Waals surface area contributed by atoms with Crippen molar-refractivity contribution in [3.63, 3.8) is 0 Å². The molecule has 1 heterocycles. The van der Waals surface area contributed by atoms with Gasteiger partial charge in [-0.15, -0.1) is 0 Å². The Morgan fingerprint density at radius 2 is 2.30 bits per heavy atom. The maximum Gasteiger partial charge on any atom is 0.195 e. The topological polar surface area (TPSA) is 21.8 Å².